The van der Waals surface area contributed by atoms with Gasteiger partial charge in [-0.05, 0) is 53.1 Å². The Kier molecular flexibility index (Phi) is 8.39. The number of nitrogens with zero attached hydrogens (tertiary/aromatic N) is 4. The van der Waals surface area contributed by atoms with E-state index in [1.54, 1.807) is 28.3 Å². The highest BCUT2D eigenvalue weighted by molar-refractivity contribution is 6.04. The highest BCUT2D eigenvalue weighted by atomic mass is 16.2. The fourth-order valence-electron chi connectivity index (χ4n) is 6.02. The molecule has 0 saturated heterocycles. The lowest BCUT2D eigenvalue weighted by atomic mass is 9.87. The molecule has 2 unspecified atom stereocenters. The van der Waals surface area contributed by atoms with Crippen LogP contribution in [0.5, 0.6) is 0 Å². The van der Waals surface area contributed by atoms with Gasteiger partial charge in [0.15, 0.2) is 6.19 Å². The molecule has 1 saturated carbocycles. The van der Waals surface area contributed by atoms with E-state index in [4.69, 9.17) is 0 Å². The van der Waals surface area contributed by atoms with E-state index >= 15 is 0 Å². The van der Waals surface area contributed by atoms with E-state index < -0.39 is 12.1 Å². The molecule has 5 rings (SSSR count). The standard InChI is InChI=1S/C34H39N5O2/c1-34(2,3)27-15-17-29(18-16-27)39(33(41)30-20-24-10-7-8-11-26(24)22-38(30)23-35)31(25-12-9-19-36-21-25)32(40)37-28-13-5-4-6-14-28/h7-12,15-19,21,28,30-31H,4-6,13-14,20,22H2,1-3H3,(H,37,40). The average molecular weight is 550 g/mol. The molecule has 7 nitrogen and oxygen atoms in total. The first-order valence-electron chi connectivity index (χ1n) is 14.6. The minimum atomic E-state index is -0.934. The average Bonchev–Trinajstić information content (AvgIpc) is 2.99. The van der Waals surface area contributed by atoms with Crippen molar-refractivity contribution >= 4 is 17.5 Å². The Morgan fingerprint density at radius 1 is 1.00 bits per heavy atom. The van der Waals surface area contributed by atoms with Gasteiger partial charge in [0, 0.05) is 36.1 Å². The Hall–Kier alpha value is -4.18. The predicted molar refractivity (Wildman–Crippen MR) is 160 cm³/mol. The Labute approximate surface area is 243 Å². The molecule has 2 aromatic carbocycles. The first-order chi connectivity index (χ1) is 19.8. The van der Waals surface area contributed by atoms with Crippen LogP contribution in [-0.4, -0.2) is 33.8 Å². The van der Waals surface area contributed by atoms with Crippen LogP contribution >= 0.6 is 0 Å². The van der Waals surface area contributed by atoms with Crippen LogP contribution in [0.3, 0.4) is 0 Å². The summed E-state index contributed by atoms with van der Waals surface area (Å²) < 4.78 is 0. The van der Waals surface area contributed by atoms with Crippen LogP contribution in [0.1, 0.15) is 81.2 Å². The van der Waals surface area contributed by atoms with Crippen molar-refractivity contribution in [1.29, 1.82) is 5.26 Å². The predicted octanol–water partition coefficient (Wildman–Crippen LogP) is 5.81. The van der Waals surface area contributed by atoms with Crippen LogP contribution in [-0.2, 0) is 28.0 Å². The quantitative estimate of drug-likeness (QED) is 0.392. The van der Waals surface area contributed by atoms with Crippen LogP contribution < -0.4 is 10.2 Å². The van der Waals surface area contributed by atoms with Gasteiger partial charge in [-0.25, -0.2) is 0 Å². The lowest BCUT2D eigenvalue weighted by Crippen LogP contribution is -2.54. The van der Waals surface area contributed by atoms with E-state index in [1.165, 1.54) is 6.42 Å². The van der Waals surface area contributed by atoms with Crippen molar-refractivity contribution in [2.75, 3.05) is 4.90 Å². The summed E-state index contributed by atoms with van der Waals surface area (Å²) in [5.41, 5.74) is 4.40. The number of carbonyl (C=O) groups is 2. The molecule has 0 bridgehead atoms. The number of pyridine rings is 1. The zero-order chi connectivity index (χ0) is 29.0. The van der Waals surface area contributed by atoms with E-state index in [0.29, 0.717) is 24.2 Å². The SMILES string of the molecule is CC(C)(C)c1ccc(N(C(=O)C2Cc3ccccc3CN2C#N)C(C(=O)NC2CCCCC2)c2cccnc2)cc1. The van der Waals surface area contributed by atoms with Gasteiger partial charge in [0.25, 0.3) is 5.91 Å². The van der Waals surface area contributed by atoms with Gasteiger partial charge in [-0.1, -0.05) is 82.5 Å². The van der Waals surface area contributed by atoms with Gasteiger partial charge in [0.1, 0.15) is 12.1 Å². The molecule has 212 valence electrons. The first kappa shape index (κ1) is 28.4. The molecule has 1 aliphatic heterocycles. The molecular weight excluding hydrogens is 510 g/mol. The van der Waals surface area contributed by atoms with Gasteiger partial charge in [-0.2, -0.15) is 5.26 Å². The molecule has 1 aliphatic carbocycles. The molecule has 0 radical (unpaired) electrons. The summed E-state index contributed by atoms with van der Waals surface area (Å²) in [6, 6.07) is 17.9. The van der Waals surface area contributed by atoms with Crippen LogP contribution in [0, 0.1) is 11.5 Å². The Morgan fingerprint density at radius 2 is 1.71 bits per heavy atom. The number of hydrogen-bond donors (Lipinski definition) is 1. The lowest BCUT2D eigenvalue weighted by molar-refractivity contribution is -0.129. The van der Waals surface area contributed by atoms with Crippen molar-refractivity contribution < 1.29 is 9.59 Å². The minimum absolute atomic E-state index is 0.0703. The van der Waals surface area contributed by atoms with Gasteiger partial charge >= 0.3 is 0 Å². The first-order valence-corrected chi connectivity index (χ1v) is 14.6. The zero-order valence-electron chi connectivity index (χ0n) is 24.2. The van der Waals surface area contributed by atoms with Crippen molar-refractivity contribution in [3.63, 3.8) is 0 Å². The smallest absolute Gasteiger partial charge is 0.251 e. The van der Waals surface area contributed by atoms with Gasteiger partial charge in [-0.15, -0.1) is 0 Å². The second-order valence-corrected chi connectivity index (χ2v) is 12.3. The third-order valence-corrected chi connectivity index (χ3v) is 8.37. The van der Waals surface area contributed by atoms with Gasteiger partial charge in [0.05, 0.1) is 6.54 Å². The van der Waals surface area contributed by atoms with Crippen LogP contribution in [0.2, 0.25) is 0 Å². The number of rotatable bonds is 6. The Balaban J connectivity index is 1.59. The molecule has 1 aromatic heterocycles. The molecular formula is C34H39N5O2. The minimum Gasteiger partial charge on any atom is -0.351 e. The Morgan fingerprint density at radius 3 is 2.34 bits per heavy atom. The number of aromatic nitrogens is 1. The highest BCUT2D eigenvalue weighted by Gasteiger charge is 2.41. The maximum Gasteiger partial charge on any atom is 0.251 e. The third kappa shape index (κ3) is 6.27. The van der Waals surface area contributed by atoms with Crippen LogP contribution in [0.4, 0.5) is 5.69 Å². The number of amides is 2. The molecule has 1 fully saturated rings. The summed E-state index contributed by atoms with van der Waals surface area (Å²) in [5.74, 6) is -0.505. The van der Waals surface area contributed by atoms with Crippen LogP contribution in [0.15, 0.2) is 73.1 Å². The van der Waals surface area contributed by atoms with Crippen molar-refractivity contribution in [2.45, 2.75) is 89.4 Å². The van der Waals surface area contributed by atoms with Crippen LogP contribution in [0.25, 0.3) is 0 Å². The van der Waals surface area contributed by atoms with Crippen molar-refractivity contribution in [3.8, 4) is 6.19 Å². The molecule has 41 heavy (non-hydrogen) atoms. The van der Waals surface area contributed by atoms with E-state index in [9.17, 15) is 14.9 Å². The molecule has 0 spiro atoms. The van der Waals surface area contributed by atoms with Crippen molar-refractivity contribution in [3.05, 3.63) is 95.3 Å². The number of nitrogens with one attached hydrogen (secondary N) is 1. The normalized spacial score (nSPS) is 18.1. The number of benzene rings is 2. The van der Waals surface area contributed by atoms with E-state index in [-0.39, 0.29) is 23.3 Å². The number of anilines is 1. The lowest BCUT2D eigenvalue weighted by Gasteiger charge is -2.39. The van der Waals surface area contributed by atoms with Gasteiger partial charge in [0.2, 0.25) is 5.91 Å². The molecule has 2 amide bonds. The summed E-state index contributed by atoms with van der Waals surface area (Å²) in [5, 5.41) is 13.4. The summed E-state index contributed by atoms with van der Waals surface area (Å²) >= 11 is 0. The van der Waals surface area contributed by atoms with Crippen molar-refractivity contribution in [2.24, 2.45) is 0 Å². The van der Waals surface area contributed by atoms with E-state index in [0.717, 1.165) is 42.4 Å². The van der Waals surface area contributed by atoms with Gasteiger partial charge in [-0.3, -0.25) is 24.4 Å². The largest absolute Gasteiger partial charge is 0.351 e. The maximum absolute atomic E-state index is 14.7. The molecule has 2 atom stereocenters. The summed E-state index contributed by atoms with van der Waals surface area (Å²) in [4.78, 5) is 36.3. The summed E-state index contributed by atoms with van der Waals surface area (Å²) in [6.07, 6.45) is 11.2. The topological polar surface area (TPSA) is 89.3 Å². The second kappa shape index (κ2) is 12.1. The summed E-state index contributed by atoms with van der Waals surface area (Å²) in [7, 11) is 0. The third-order valence-electron chi connectivity index (χ3n) is 8.37. The summed E-state index contributed by atoms with van der Waals surface area (Å²) in [6.45, 7) is 6.79. The monoisotopic (exact) mass is 549 g/mol. The molecule has 7 heteroatoms. The number of nitriles is 1. The second-order valence-electron chi connectivity index (χ2n) is 12.3. The molecule has 1 N–H and O–H groups in total. The van der Waals surface area contributed by atoms with E-state index in [1.807, 2.05) is 54.6 Å². The van der Waals surface area contributed by atoms with Crippen molar-refractivity contribution in [1.82, 2.24) is 15.2 Å². The van der Waals surface area contributed by atoms with Gasteiger partial charge < -0.3 is 5.32 Å². The Bertz CT molecular complexity index is 1400. The number of carbonyl (C=O) groups excluding carboxylic acids is 2. The maximum atomic E-state index is 14.7. The van der Waals surface area contributed by atoms with E-state index in [2.05, 4.69) is 37.3 Å². The molecule has 3 aromatic rings. The molecule has 2 aliphatic rings. The number of hydrogen-bond acceptors (Lipinski definition) is 5. The fraction of sp³-hybridized carbons (Fsp3) is 0.412. The molecule has 2 heterocycles. The highest BCUT2D eigenvalue weighted by Crippen LogP contribution is 2.34. The fourth-order valence-corrected chi connectivity index (χ4v) is 6.02. The zero-order valence-corrected chi connectivity index (χ0v) is 24.2. The number of fused-ring (bicyclic) bond motifs is 1.